The molecule has 4 nitrogen and oxygen atoms in total. The van der Waals surface area contributed by atoms with Gasteiger partial charge in [0.25, 0.3) is 5.91 Å². The van der Waals surface area contributed by atoms with Crippen LogP contribution in [0.4, 0.5) is 0 Å². The lowest BCUT2D eigenvalue weighted by atomic mass is 10.1. The van der Waals surface area contributed by atoms with Crippen molar-refractivity contribution < 1.29 is 4.79 Å². The fraction of sp³-hybridized carbons (Fsp3) is 0.600. The molecule has 0 fully saturated rings. The molecule has 0 aliphatic rings. The minimum atomic E-state index is -0.0862. The number of nitrogens with one attached hydrogen (secondary N) is 2. The van der Waals surface area contributed by atoms with Crippen LogP contribution in [-0.2, 0) is 0 Å². The van der Waals surface area contributed by atoms with Crippen molar-refractivity contribution in [1.82, 2.24) is 15.5 Å². The molecule has 1 aromatic heterocycles. The Morgan fingerprint density at radius 1 is 1.67 bits per heavy atom. The number of carbonyl (C=O) groups is 1. The third-order valence-corrected chi connectivity index (χ3v) is 2.67. The summed E-state index contributed by atoms with van der Waals surface area (Å²) in [5.41, 5.74) is 0.569. The number of carbonyl (C=O) groups excluding carboxylic acids is 1. The summed E-state index contributed by atoms with van der Waals surface area (Å²) in [7, 11) is 0. The molecule has 1 unspecified atom stereocenters. The van der Waals surface area contributed by atoms with E-state index in [0.717, 1.165) is 6.42 Å². The Hall–Kier alpha value is -0.840. The summed E-state index contributed by atoms with van der Waals surface area (Å²) in [5, 5.41) is 9.17. The molecule has 84 valence electrons. The van der Waals surface area contributed by atoms with E-state index in [1.807, 2.05) is 0 Å². The molecule has 15 heavy (non-hydrogen) atoms. The molecule has 5 heteroatoms. The van der Waals surface area contributed by atoms with Crippen molar-refractivity contribution >= 4 is 21.8 Å². The van der Waals surface area contributed by atoms with E-state index < -0.39 is 0 Å². The first-order valence-electron chi connectivity index (χ1n) is 5.00. The zero-order valence-corrected chi connectivity index (χ0v) is 10.5. The number of H-pyrrole nitrogens is 1. The maximum atomic E-state index is 11.5. The first kappa shape index (κ1) is 12.2. The van der Waals surface area contributed by atoms with Gasteiger partial charge in [-0.05, 0) is 12.3 Å². The number of aromatic nitrogens is 2. The number of hydrogen-bond acceptors (Lipinski definition) is 2. The molecule has 1 amide bonds. The second-order valence-electron chi connectivity index (χ2n) is 3.92. The number of rotatable bonds is 5. The molecule has 0 saturated carbocycles. The Morgan fingerprint density at radius 3 is 2.93 bits per heavy atom. The van der Waals surface area contributed by atoms with E-state index in [0.29, 0.717) is 22.9 Å². The lowest BCUT2D eigenvalue weighted by Crippen LogP contribution is -2.29. The SMILES string of the molecule is CC(C)CC(Br)CNC(=O)c1cn[nH]c1. The van der Waals surface area contributed by atoms with Crippen molar-refractivity contribution in [2.75, 3.05) is 6.54 Å². The lowest BCUT2D eigenvalue weighted by Gasteiger charge is -2.12. The topological polar surface area (TPSA) is 57.8 Å². The summed E-state index contributed by atoms with van der Waals surface area (Å²) in [6.07, 6.45) is 4.15. The third-order valence-electron chi connectivity index (χ3n) is 1.97. The van der Waals surface area contributed by atoms with Gasteiger partial charge in [0.1, 0.15) is 0 Å². The Labute approximate surface area is 98.0 Å². The molecule has 0 aliphatic heterocycles. The molecule has 0 radical (unpaired) electrons. The second kappa shape index (κ2) is 5.90. The van der Waals surface area contributed by atoms with Crippen LogP contribution >= 0.6 is 15.9 Å². The van der Waals surface area contributed by atoms with Crippen LogP contribution in [0, 0.1) is 5.92 Å². The molecule has 1 atom stereocenters. The van der Waals surface area contributed by atoms with Crippen LogP contribution < -0.4 is 5.32 Å². The Kier molecular flexibility index (Phi) is 4.81. The number of hydrogen-bond donors (Lipinski definition) is 2. The highest BCUT2D eigenvalue weighted by atomic mass is 79.9. The highest BCUT2D eigenvalue weighted by Crippen LogP contribution is 2.11. The van der Waals surface area contributed by atoms with Crippen LogP contribution in [0.2, 0.25) is 0 Å². The van der Waals surface area contributed by atoms with Crippen molar-refractivity contribution in [1.29, 1.82) is 0 Å². The Balaban J connectivity index is 2.28. The standard InChI is InChI=1S/C10H16BrN3O/c1-7(2)3-9(11)6-12-10(15)8-4-13-14-5-8/h4-5,7,9H,3,6H2,1-2H3,(H,12,15)(H,13,14). The van der Waals surface area contributed by atoms with Gasteiger partial charge >= 0.3 is 0 Å². The van der Waals surface area contributed by atoms with E-state index in [2.05, 4.69) is 45.3 Å². The molecule has 0 aromatic carbocycles. The molecule has 0 aliphatic carbocycles. The summed E-state index contributed by atoms with van der Waals surface area (Å²) in [6.45, 7) is 4.96. The monoisotopic (exact) mass is 273 g/mol. The number of nitrogens with zero attached hydrogens (tertiary/aromatic N) is 1. The van der Waals surface area contributed by atoms with Crippen LogP contribution in [0.3, 0.4) is 0 Å². The molecule has 0 saturated heterocycles. The molecule has 0 spiro atoms. The third kappa shape index (κ3) is 4.46. The van der Waals surface area contributed by atoms with E-state index in [4.69, 9.17) is 0 Å². The van der Waals surface area contributed by atoms with Gasteiger partial charge in [0.2, 0.25) is 0 Å². The molecular weight excluding hydrogens is 258 g/mol. The largest absolute Gasteiger partial charge is 0.351 e. The van der Waals surface area contributed by atoms with Crippen molar-refractivity contribution in [3.8, 4) is 0 Å². The highest BCUT2D eigenvalue weighted by molar-refractivity contribution is 9.09. The summed E-state index contributed by atoms with van der Waals surface area (Å²) in [4.78, 5) is 11.8. The van der Waals surface area contributed by atoms with Gasteiger partial charge in [-0.3, -0.25) is 9.89 Å². The summed E-state index contributed by atoms with van der Waals surface area (Å²) in [6, 6.07) is 0. The molecule has 0 bridgehead atoms. The maximum Gasteiger partial charge on any atom is 0.254 e. The van der Waals surface area contributed by atoms with Gasteiger partial charge in [0.05, 0.1) is 11.8 Å². The van der Waals surface area contributed by atoms with Crippen molar-refractivity contribution in [3.05, 3.63) is 18.0 Å². The summed E-state index contributed by atoms with van der Waals surface area (Å²) >= 11 is 3.53. The lowest BCUT2D eigenvalue weighted by molar-refractivity contribution is 0.0953. The van der Waals surface area contributed by atoms with E-state index in [1.165, 1.54) is 6.20 Å². The average molecular weight is 274 g/mol. The summed E-state index contributed by atoms with van der Waals surface area (Å²) in [5.74, 6) is 0.539. The number of amides is 1. The van der Waals surface area contributed by atoms with E-state index in [-0.39, 0.29) is 5.91 Å². The molecular formula is C10H16BrN3O. The molecule has 1 rings (SSSR count). The van der Waals surface area contributed by atoms with Gasteiger partial charge in [-0.1, -0.05) is 29.8 Å². The Bertz CT molecular complexity index is 298. The van der Waals surface area contributed by atoms with Gasteiger partial charge in [0, 0.05) is 17.6 Å². The molecule has 1 heterocycles. The van der Waals surface area contributed by atoms with Crippen molar-refractivity contribution in [2.45, 2.75) is 25.1 Å². The highest BCUT2D eigenvalue weighted by Gasteiger charge is 2.10. The van der Waals surface area contributed by atoms with Crippen LogP contribution in [0.15, 0.2) is 12.4 Å². The van der Waals surface area contributed by atoms with Crippen molar-refractivity contribution in [3.63, 3.8) is 0 Å². The van der Waals surface area contributed by atoms with Gasteiger partial charge < -0.3 is 5.32 Å². The fourth-order valence-corrected chi connectivity index (χ4v) is 2.18. The fourth-order valence-electron chi connectivity index (χ4n) is 1.28. The van der Waals surface area contributed by atoms with Gasteiger partial charge in [-0.15, -0.1) is 0 Å². The van der Waals surface area contributed by atoms with E-state index in [9.17, 15) is 4.79 Å². The number of alkyl halides is 1. The van der Waals surface area contributed by atoms with Crippen molar-refractivity contribution in [2.24, 2.45) is 5.92 Å². The first-order chi connectivity index (χ1) is 7.09. The predicted molar refractivity (Wildman–Crippen MR) is 63.1 cm³/mol. The van der Waals surface area contributed by atoms with Crippen LogP contribution in [0.25, 0.3) is 0 Å². The number of halogens is 1. The van der Waals surface area contributed by atoms with Crippen LogP contribution in [-0.4, -0.2) is 27.5 Å². The smallest absolute Gasteiger partial charge is 0.254 e. The zero-order valence-electron chi connectivity index (χ0n) is 8.96. The minimum Gasteiger partial charge on any atom is -0.351 e. The van der Waals surface area contributed by atoms with Crippen LogP contribution in [0.1, 0.15) is 30.6 Å². The molecule has 1 aromatic rings. The normalized spacial score (nSPS) is 12.8. The van der Waals surface area contributed by atoms with E-state index >= 15 is 0 Å². The number of aromatic amines is 1. The maximum absolute atomic E-state index is 11.5. The average Bonchev–Trinajstić information content (AvgIpc) is 2.65. The predicted octanol–water partition coefficient (Wildman–Crippen LogP) is 1.95. The van der Waals surface area contributed by atoms with Gasteiger partial charge in [-0.2, -0.15) is 5.10 Å². The quantitative estimate of drug-likeness (QED) is 0.806. The van der Waals surface area contributed by atoms with Gasteiger partial charge in [0.15, 0.2) is 0 Å². The molecule has 2 N–H and O–H groups in total. The Morgan fingerprint density at radius 2 is 2.40 bits per heavy atom. The van der Waals surface area contributed by atoms with E-state index in [1.54, 1.807) is 6.20 Å². The zero-order chi connectivity index (χ0) is 11.3. The summed E-state index contributed by atoms with van der Waals surface area (Å²) < 4.78 is 0. The van der Waals surface area contributed by atoms with Crippen LogP contribution in [0.5, 0.6) is 0 Å². The second-order valence-corrected chi connectivity index (χ2v) is 5.22. The first-order valence-corrected chi connectivity index (χ1v) is 5.92. The van der Waals surface area contributed by atoms with Gasteiger partial charge in [-0.25, -0.2) is 0 Å². The minimum absolute atomic E-state index is 0.0862.